The first-order chi connectivity index (χ1) is 3.18. The number of carbonyl (C=O) groups is 1. The summed E-state index contributed by atoms with van der Waals surface area (Å²) in [4.78, 5) is 10.4. The third-order valence-electron chi connectivity index (χ3n) is 0.600. The summed E-state index contributed by atoms with van der Waals surface area (Å²) in [6, 6.07) is 0. The third kappa shape index (κ3) is 3.12. The molecule has 0 spiro atoms. The maximum atomic E-state index is 10.4. The first-order valence-corrected chi connectivity index (χ1v) is 3.51. The lowest BCUT2D eigenvalue weighted by molar-refractivity contribution is -0.115. The van der Waals surface area contributed by atoms with Crippen molar-refractivity contribution in [1.29, 1.82) is 0 Å². The van der Waals surface area contributed by atoms with E-state index in [4.69, 9.17) is 0 Å². The van der Waals surface area contributed by atoms with Crippen molar-refractivity contribution in [2.45, 2.75) is 11.8 Å². The molecule has 0 rings (SSSR count). The molecule has 1 nitrogen and oxygen atoms in total. The second-order valence-electron chi connectivity index (χ2n) is 1.24. The third-order valence-corrected chi connectivity index (χ3v) is 1.42. The topological polar surface area (TPSA) is 17.1 Å². The fourth-order valence-corrected chi connectivity index (χ4v) is 0.812. The predicted molar refractivity (Wildman–Crippen MR) is 37.2 cm³/mol. The van der Waals surface area contributed by atoms with Crippen LogP contribution >= 0.6 is 28.6 Å². The van der Waals surface area contributed by atoms with Crippen LogP contribution in [0.5, 0.6) is 0 Å². The zero-order chi connectivity index (χ0) is 5.86. The lowest BCUT2D eigenvalue weighted by Gasteiger charge is -1.93. The van der Waals surface area contributed by atoms with Crippen LogP contribution in [0.2, 0.25) is 0 Å². The van der Waals surface area contributed by atoms with E-state index in [0.29, 0.717) is 5.75 Å². The summed E-state index contributed by atoms with van der Waals surface area (Å²) < 4.78 is 0. The van der Waals surface area contributed by atoms with E-state index in [0.717, 1.165) is 0 Å². The normalized spacial score (nSPS) is 13.6. The standard InChI is InChI=1S/C4H7BrOS/c1-3(5)4(6)2-7/h3,7H,2H2,1H3. The molecule has 0 aliphatic rings. The summed E-state index contributed by atoms with van der Waals surface area (Å²) in [5, 5.41) is 0. The highest BCUT2D eigenvalue weighted by Gasteiger charge is 2.03. The average Bonchev–Trinajstić information content (AvgIpc) is 1.65. The highest BCUT2D eigenvalue weighted by molar-refractivity contribution is 9.10. The summed E-state index contributed by atoms with van der Waals surface area (Å²) in [6.07, 6.45) is 0. The van der Waals surface area contributed by atoms with Gasteiger partial charge in [0.2, 0.25) is 0 Å². The number of alkyl halides is 1. The Kier molecular flexibility index (Phi) is 3.75. The molecule has 0 aliphatic carbocycles. The Balaban J connectivity index is 3.35. The maximum Gasteiger partial charge on any atom is 0.155 e. The van der Waals surface area contributed by atoms with Crippen molar-refractivity contribution >= 4 is 34.3 Å². The second kappa shape index (κ2) is 3.50. The molecule has 0 amide bonds. The minimum absolute atomic E-state index is 0.0370. The lowest BCUT2D eigenvalue weighted by Crippen LogP contribution is -2.09. The monoisotopic (exact) mass is 182 g/mol. The van der Waals surface area contributed by atoms with E-state index in [1.165, 1.54) is 0 Å². The van der Waals surface area contributed by atoms with Crippen molar-refractivity contribution in [2.24, 2.45) is 0 Å². The molecular weight excluding hydrogens is 176 g/mol. The van der Waals surface area contributed by atoms with Crippen LogP contribution in [-0.4, -0.2) is 16.4 Å². The zero-order valence-electron chi connectivity index (χ0n) is 4.02. The predicted octanol–water partition coefficient (Wildman–Crippen LogP) is 1.27. The van der Waals surface area contributed by atoms with E-state index in [2.05, 4.69) is 28.6 Å². The number of hydrogen-bond donors (Lipinski definition) is 1. The molecule has 3 heteroatoms. The van der Waals surface area contributed by atoms with Gasteiger partial charge in [-0.15, -0.1) is 0 Å². The first-order valence-electron chi connectivity index (χ1n) is 1.96. The van der Waals surface area contributed by atoms with Crippen LogP contribution in [0.15, 0.2) is 0 Å². The van der Waals surface area contributed by atoms with Gasteiger partial charge in [0.25, 0.3) is 0 Å². The molecule has 0 bridgehead atoms. The van der Waals surface area contributed by atoms with Gasteiger partial charge in [-0.05, 0) is 6.92 Å². The summed E-state index contributed by atoms with van der Waals surface area (Å²) in [5.74, 6) is 0.454. The zero-order valence-corrected chi connectivity index (χ0v) is 6.50. The molecule has 0 fully saturated rings. The Hall–Kier alpha value is 0.500. The Labute approximate surface area is 57.0 Å². The molecule has 0 saturated carbocycles. The van der Waals surface area contributed by atoms with Gasteiger partial charge in [-0.2, -0.15) is 12.6 Å². The maximum absolute atomic E-state index is 10.4. The second-order valence-corrected chi connectivity index (χ2v) is 2.93. The SMILES string of the molecule is CC(Br)C(=O)CS. The van der Waals surface area contributed by atoms with Crippen molar-refractivity contribution < 1.29 is 4.79 Å². The molecule has 1 unspecified atom stereocenters. The van der Waals surface area contributed by atoms with Crippen molar-refractivity contribution in [2.75, 3.05) is 5.75 Å². The largest absolute Gasteiger partial charge is 0.298 e. The molecule has 0 radical (unpaired) electrons. The van der Waals surface area contributed by atoms with Crippen LogP contribution in [0.1, 0.15) is 6.92 Å². The van der Waals surface area contributed by atoms with Gasteiger partial charge < -0.3 is 0 Å². The van der Waals surface area contributed by atoms with Crippen LogP contribution < -0.4 is 0 Å². The minimum Gasteiger partial charge on any atom is -0.298 e. The highest BCUT2D eigenvalue weighted by atomic mass is 79.9. The smallest absolute Gasteiger partial charge is 0.155 e. The Morgan fingerprint density at radius 2 is 2.43 bits per heavy atom. The Morgan fingerprint density at radius 3 is 2.43 bits per heavy atom. The van der Waals surface area contributed by atoms with E-state index in [-0.39, 0.29) is 10.6 Å². The number of thiol groups is 1. The molecule has 0 heterocycles. The number of rotatable bonds is 2. The van der Waals surface area contributed by atoms with Crippen LogP contribution in [-0.2, 0) is 4.79 Å². The summed E-state index contributed by atoms with van der Waals surface area (Å²) >= 11 is 6.88. The van der Waals surface area contributed by atoms with Crippen LogP contribution in [0, 0.1) is 0 Å². The van der Waals surface area contributed by atoms with E-state index in [1.54, 1.807) is 6.92 Å². The van der Waals surface area contributed by atoms with Crippen molar-refractivity contribution in [3.8, 4) is 0 Å². The van der Waals surface area contributed by atoms with Crippen molar-refractivity contribution in [3.05, 3.63) is 0 Å². The van der Waals surface area contributed by atoms with Gasteiger partial charge in [0.1, 0.15) is 0 Å². The Bertz CT molecular complexity index is 72.1. The van der Waals surface area contributed by atoms with Crippen molar-refractivity contribution in [1.82, 2.24) is 0 Å². The van der Waals surface area contributed by atoms with Gasteiger partial charge >= 0.3 is 0 Å². The van der Waals surface area contributed by atoms with Gasteiger partial charge in [0, 0.05) is 0 Å². The van der Waals surface area contributed by atoms with E-state index in [9.17, 15) is 4.79 Å². The van der Waals surface area contributed by atoms with Crippen LogP contribution in [0.25, 0.3) is 0 Å². The molecule has 1 atom stereocenters. The molecule has 0 N–H and O–H groups in total. The number of halogens is 1. The molecule has 0 aliphatic heterocycles. The fraction of sp³-hybridized carbons (Fsp3) is 0.750. The summed E-state index contributed by atoms with van der Waals surface area (Å²) in [7, 11) is 0. The molecule has 42 valence electrons. The summed E-state index contributed by atoms with van der Waals surface area (Å²) in [6.45, 7) is 1.79. The minimum atomic E-state index is -0.0370. The van der Waals surface area contributed by atoms with Crippen LogP contribution in [0.4, 0.5) is 0 Å². The molecule has 0 aromatic rings. The van der Waals surface area contributed by atoms with E-state index < -0.39 is 0 Å². The van der Waals surface area contributed by atoms with Gasteiger partial charge in [-0.1, -0.05) is 15.9 Å². The van der Waals surface area contributed by atoms with Gasteiger partial charge in [-0.25, -0.2) is 0 Å². The number of Topliss-reactive ketones (excluding diaryl/α,β-unsaturated/α-hetero) is 1. The Morgan fingerprint density at radius 1 is 2.00 bits per heavy atom. The number of hydrogen-bond acceptors (Lipinski definition) is 2. The number of ketones is 1. The van der Waals surface area contributed by atoms with Gasteiger partial charge in [-0.3, -0.25) is 4.79 Å². The van der Waals surface area contributed by atoms with E-state index >= 15 is 0 Å². The average molecular weight is 183 g/mol. The molecule has 0 aromatic carbocycles. The number of carbonyl (C=O) groups excluding carboxylic acids is 1. The van der Waals surface area contributed by atoms with Crippen LogP contribution in [0.3, 0.4) is 0 Å². The van der Waals surface area contributed by atoms with Gasteiger partial charge in [0.05, 0.1) is 10.6 Å². The highest BCUT2D eigenvalue weighted by Crippen LogP contribution is 1.98. The summed E-state index contributed by atoms with van der Waals surface area (Å²) in [5.41, 5.74) is 0. The molecular formula is C4H7BrOS. The van der Waals surface area contributed by atoms with Gasteiger partial charge in [0.15, 0.2) is 5.78 Å². The fourth-order valence-electron chi connectivity index (χ4n) is 0.126. The van der Waals surface area contributed by atoms with Crippen molar-refractivity contribution in [3.63, 3.8) is 0 Å². The molecule has 0 saturated heterocycles. The quantitative estimate of drug-likeness (QED) is 0.503. The lowest BCUT2D eigenvalue weighted by atomic mass is 10.3. The molecule has 7 heavy (non-hydrogen) atoms. The van der Waals surface area contributed by atoms with E-state index in [1.807, 2.05) is 0 Å². The molecule has 0 aromatic heterocycles. The first kappa shape index (κ1) is 7.50.